The zero-order valence-electron chi connectivity index (χ0n) is 14.6. The van der Waals surface area contributed by atoms with Gasteiger partial charge in [-0.05, 0) is 68.4 Å². The average Bonchev–Trinajstić information content (AvgIpc) is 3.09. The highest BCUT2D eigenvalue weighted by molar-refractivity contribution is 5.99. The van der Waals surface area contributed by atoms with E-state index in [1.54, 1.807) is 19.5 Å². The van der Waals surface area contributed by atoms with E-state index in [1.807, 2.05) is 24.3 Å². The number of rotatable bonds is 4. The van der Waals surface area contributed by atoms with Crippen molar-refractivity contribution in [2.24, 2.45) is 0 Å². The number of carbonyl (C=O) groups is 1. The molecule has 1 aliphatic carbocycles. The van der Waals surface area contributed by atoms with E-state index in [4.69, 9.17) is 9.47 Å². The van der Waals surface area contributed by atoms with E-state index in [-0.39, 0.29) is 11.4 Å². The van der Waals surface area contributed by atoms with Gasteiger partial charge in [-0.1, -0.05) is 0 Å². The molecule has 4 rings (SSSR count). The number of nitrogens with zero attached hydrogens (tertiary/aromatic N) is 1. The van der Waals surface area contributed by atoms with Gasteiger partial charge in [-0.25, -0.2) is 0 Å². The molecule has 1 aromatic carbocycles. The summed E-state index contributed by atoms with van der Waals surface area (Å²) in [5.41, 5.74) is 2.71. The predicted molar refractivity (Wildman–Crippen MR) is 95.4 cm³/mol. The Labute approximate surface area is 148 Å². The second-order valence-electron chi connectivity index (χ2n) is 7.07. The van der Waals surface area contributed by atoms with Crippen molar-refractivity contribution in [2.75, 3.05) is 7.11 Å². The number of hydrogen-bond donors (Lipinski definition) is 0. The molecule has 0 atom stereocenters. The van der Waals surface area contributed by atoms with E-state index in [2.05, 4.69) is 4.98 Å². The zero-order valence-corrected chi connectivity index (χ0v) is 14.6. The maximum Gasteiger partial charge on any atom is 0.167 e. The Bertz CT molecular complexity index is 779. The minimum atomic E-state index is -0.0486. The van der Waals surface area contributed by atoms with E-state index in [0.717, 1.165) is 53.9 Å². The van der Waals surface area contributed by atoms with Gasteiger partial charge < -0.3 is 9.47 Å². The third-order valence-electron chi connectivity index (χ3n) is 5.52. The van der Waals surface area contributed by atoms with E-state index in [0.29, 0.717) is 6.42 Å². The van der Waals surface area contributed by atoms with Crippen LogP contribution in [0.2, 0.25) is 0 Å². The molecule has 0 saturated heterocycles. The van der Waals surface area contributed by atoms with Crippen LogP contribution in [0.4, 0.5) is 0 Å². The molecule has 0 amide bonds. The molecule has 0 unspecified atom stereocenters. The highest BCUT2D eigenvalue weighted by Gasteiger charge is 2.41. The predicted octanol–water partition coefficient (Wildman–Crippen LogP) is 4.15. The van der Waals surface area contributed by atoms with Gasteiger partial charge in [0.25, 0.3) is 0 Å². The number of Topliss-reactive ketones (excluding diaryl/α,β-unsaturated/α-hetero) is 1. The van der Waals surface area contributed by atoms with Crippen LogP contribution in [-0.4, -0.2) is 23.5 Å². The third kappa shape index (κ3) is 3.01. The molecule has 25 heavy (non-hydrogen) atoms. The number of aromatic nitrogens is 1. The van der Waals surface area contributed by atoms with Crippen LogP contribution in [-0.2, 0) is 12.8 Å². The summed E-state index contributed by atoms with van der Waals surface area (Å²) in [6.45, 7) is 0. The van der Waals surface area contributed by atoms with E-state index in [9.17, 15) is 4.79 Å². The zero-order chi connectivity index (χ0) is 17.3. The van der Waals surface area contributed by atoms with Crippen LogP contribution in [0.5, 0.6) is 11.5 Å². The van der Waals surface area contributed by atoms with Crippen molar-refractivity contribution >= 4 is 5.78 Å². The highest BCUT2D eigenvalue weighted by atomic mass is 16.5. The number of fused-ring (bicyclic) bond motifs is 1. The number of benzene rings is 1. The first-order chi connectivity index (χ1) is 12.2. The monoisotopic (exact) mass is 337 g/mol. The Balaban J connectivity index is 1.67. The average molecular weight is 337 g/mol. The summed E-state index contributed by atoms with van der Waals surface area (Å²) in [6, 6.07) is 7.53. The molecule has 0 radical (unpaired) electrons. The summed E-state index contributed by atoms with van der Waals surface area (Å²) >= 11 is 0. The quantitative estimate of drug-likeness (QED) is 0.786. The molecule has 1 aliphatic heterocycles. The fourth-order valence-electron chi connectivity index (χ4n) is 4.16. The lowest BCUT2D eigenvalue weighted by molar-refractivity contribution is 0.0494. The molecule has 1 spiro atoms. The largest absolute Gasteiger partial charge is 0.493 e. The molecular weight excluding hydrogens is 314 g/mol. The van der Waals surface area contributed by atoms with Crippen molar-refractivity contribution < 1.29 is 14.3 Å². The lowest BCUT2D eigenvalue weighted by Crippen LogP contribution is -2.37. The van der Waals surface area contributed by atoms with Crippen molar-refractivity contribution in [3.05, 3.63) is 53.3 Å². The molecule has 4 nitrogen and oxygen atoms in total. The Morgan fingerprint density at radius 2 is 1.92 bits per heavy atom. The first-order valence-electron chi connectivity index (χ1n) is 9.02. The molecule has 1 aromatic heterocycles. The van der Waals surface area contributed by atoms with Crippen LogP contribution >= 0.6 is 0 Å². The van der Waals surface area contributed by atoms with Crippen molar-refractivity contribution in [1.29, 1.82) is 0 Å². The van der Waals surface area contributed by atoms with Gasteiger partial charge in [0.15, 0.2) is 17.3 Å². The van der Waals surface area contributed by atoms with Crippen molar-refractivity contribution in [1.82, 2.24) is 4.98 Å². The van der Waals surface area contributed by atoms with Crippen molar-refractivity contribution in [2.45, 2.75) is 50.5 Å². The SMILES string of the molecule is COc1ccc(C(=O)Cc2ccncc2)c2c1OC1(CCCC1)CC2. The summed E-state index contributed by atoms with van der Waals surface area (Å²) in [5, 5.41) is 0. The van der Waals surface area contributed by atoms with Gasteiger partial charge in [-0.15, -0.1) is 0 Å². The fraction of sp³-hybridized carbons (Fsp3) is 0.429. The third-order valence-corrected chi connectivity index (χ3v) is 5.52. The molecule has 2 heterocycles. The topological polar surface area (TPSA) is 48.4 Å². The van der Waals surface area contributed by atoms with Crippen molar-refractivity contribution in [3.8, 4) is 11.5 Å². The van der Waals surface area contributed by atoms with Gasteiger partial charge in [0.1, 0.15) is 5.60 Å². The van der Waals surface area contributed by atoms with Crippen LogP contribution in [0, 0.1) is 0 Å². The molecule has 2 aromatic rings. The molecular formula is C21H23NO3. The van der Waals surface area contributed by atoms with Gasteiger partial charge in [0, 0.05) is 29.9 Å². The lowest BCUT2D eigenvalue weighted by Gasteiger charge is -2.37. The minimum absolute atomic E-state index is 0.0486. The molecule has 2 aliphatic rings. The Morgan fingerprint density at radius 3 is 2.64 bits per heavy atom. The lowest BCUT2D eigenvalue weighted by atomic mass is 9.86. The van der Waals surface area contributed by atoms with Gasteiger partial charge >= 0.3 is 0 Å². The fourth-order valence-corrected chi connectivity index (χ4v) is 4.16. The first-order valence-corrected chi connectivity index (χ1v) is 9.02. The van der Waals surface area contributed by atoms with Gasteiger partial charge in [0.05, 0.1) is 7.11 Å². The highest BCUT2D eigenvalue weighted by Crippen LogP contribution is 2.47. The van der Waals surface area contributed by atoms with Crippen LogP contribution in [0.3, 0.4) is 0 Å². The molecule has 4 heteroatoms. The summed E-state index contributed by atoms with van der Waals surface area (Å²) in [4.78, 5) is 16.9. The summed E-state index contributed by atoms with van der Waals surface area (Å²) < 4.78 is 12.0. The summed E-state index contributed by atoms with van der Waals surface area (Å²) in [6.07, 6.45) is 10.3. The standard InChI is InChI=1S/C21H23NO3/c1-24-19-5-4-16(18(23)14-15-7-12-22-13-8-15)17-6-11-21(25-20(17)19)9-2-3-10-21/h4-5,7-8,12-13H,2-3,6,9-11,14H2,1H3. The molecule has 0 N–H and O–H groups in total. The number of carbonyl (C=O) groups excluding carboxylic acids is 1. The van der Waals surface area contributed by atoms with E-state index >= 15 is 0 Å². The van der Waals surface area contributed by atoms with Gasteiger partial charge in [-0.2, -0.15) is 0 Å². The Kier molecular flexibility index (Phi) is 4.20. The van der Waals surface area contributed by atoms with Crippen LogP contribution in [0.1, 0.15) is 53.6 Å². The second-order valence-corrected chi connectivity index (χ2v) is 7.07. The molecule has 0 bridgehead atoms. The Hall–Kier alpha value is -2.36. The number of ketones is 1. The van der Waals surface area contributed by atoms with Gasteiger partial charge in [0.2, 0.25) is 0 Å². The van der Waals surface area contributed by atoms with Crippen LogP contribution in [0.15, 0.2) is 36.7 Å². The number of pyridine rings is 1. The number of ether oxygens (including phenoxy) is 2. The van der Waals surface area contributed by atoms with E-state index in [1.165, 1.54) is 12.8 Å². The van der Waals surface area contributed by atoms with Gasteiger partial charge in [-0.3, -0.25) is 9.78 Å². The van der Waals surface area contributed by atoms with E-state index < -0.39 is 0 Å². The summed E-state index contributed by atoms with van der Waals surface area (Å²) in [5.74, 6) is 1.65. The smallest absolute Gasteiger partial charge is 0.167 e. The molecule has 1 fully saturated rings. The van der Waals surface area contributed by atoms with Crippen molar-refractivity contribution in [3.63, 3.8) is 0 Å². The maximum atomic E-state index is 12.9. The van der Waals surface area contributed by atoms with Crippen LogP contribution < -0.4 is 9.47 Å². The first kappa shape index (κ1) is 16.1. The molecule has 130 valence electrons. The number of methoxy groups -OCH3 is 1. The normalized spacial score (nSPS) is 17.8. The summed E-state index contributed by atoms with van der Waals surface area (Å²) in [7, 11) is 1.66. The number of hydrogen-bond acceptors (Lipinski definition) is 4. The second kappa shape index (κ2) is 6.51. The Morgan fingerprint density at radius 1 is 1.16 bits per heavy atom. The maximum absolute atomic E-state index is 12.9. The molecule has 1 saturated carbocycles. The minimum Gasteiger partial charge on any atom is -0.493 e. The van der Waals surface area contributed by atoms with Crippen LogP contribution in [0.25, 0.3) is 0 Å².